The van der Waals surface area contributed by atoms with Crippen molar-refractivity contribution in [3.05, 3.63) is 36.7 Å². The Hall–Kier alpha value is -1.88. The van der Waals surface area contributed by atoms with E-state index in [0.717, 1.165) is 15.9 Å². The summed E-state index contributed by atoms with van der Waals surface area (Å²) in [6.07, 6.45) is 3.43. The summed E-state index contributed by atoms with van der Waals surface area (Å²) in [5, 5.41) is 6.27. The van der Waals surface area contributed by atoms with Crippen molar-refractivity contribution in [3.8, 4) is 5.00 Å². The van der Waals surface area contributed by atoms with E-state index in [1.54, 1.807) is 17.1 Å². The SMILES string of the molecule is Nc1cnn(-c2snc3ccccc23)c1. The summed E-state index contributed by atoms with van der Waals surface area (Å²) >= 11 is 1.42. The van der Waals surface area contributed by atoms with Gasteiger partial charge in [-0.05, 0) is 23.7 Å². The number of rotatable bonds is 1. The van der Waals surface area contributed by atoms with Crippen molar-refractivity contribution in [2.24, 2.45) is 0 Å². The minimum Gasteiger partial charge on any atom is -0.396 e. The molecule has 2 heterocycles. The summed E-state index contributed by atoms with van der Waals surface area (Å²) in [6.45, 7) is 0. The third-order valence-corrected chi connectivity index (χ3v) is 3.04. The number of nitrogen functional groups attached to an aromatic ring is 1. The second-order valence-corrected chi connectivity index (χ2v) is 3.97. The molecule has 0 saturated carbocycles. The summed E-state index contributed by atoms with van der Waals surface area (Å²) < 4.78 is 6.10. The van der Waals surface area contributed by atoms with Crippen LogP contribution in [0.1, 0.15) is 0 Å². The number of nitrogens with zero attached hydrogens (tertiary/aromatic N) is 3. The Labute approximate surface area is 90.1 Å². The van der Waals surface area contributed by atoms with Gasteiger partial charge < -0.3 is 5.73 Å². The molecule has 4 nitrogen and oxygen atoms in total. The van der Waals surface area contributed by atoms with Gasteiger partial charge in [0.15, 0.2) is 0 Å². The van der Waals surface area contributed by atoms with E-state index in [9.17, 15) is 0 Å². The quantitative estimate of drug-likeness (QED) is 0.677. The number of aromatic nitrogens is 3. The van der Waals surface area contributed by atoms with Crippen LogP contribution in [0, 0.1) is 0 Å². The van der Waals surface area contributed by atoms with Crippen molar-refractivity contribution in [2.45, 2.75) is 0 Å². The first-order valence-electron chi connectivity index (χ1n) is 4.49. The molecule has 0 unspecified atom stereocenters. The summed E-state index contributed by atoms with van der Waals surface area (Å²) in [7, 11) is 0. The largest absolute Gasteiger partial charge is 0.396 e. The molecule has 0 atom stereocenters. The van der Waals surface area contributed by atoms with Gasteiger partial charge in [-0.2, -0.15) is 9.47 Å². The van der Waals surface area contributed by atoms with Crippen LogP contribution in [0.15, 0.2) is 36.7 Å². The standard InChI is InChI=1S/C10H8N4S/c11-7-5-12-14(6-7)10-8-3-1-2-4-9(8)13-15-10/h1-6H,11H2. The molecule has 0 aliphatic rings. The third kappa shape index (κ3) is 1.28. The molecule has 0 bridgehead atoms. The summed E-state index contributed by atoms with van der Waals surface area (Å²) in [5.74, 6) is 0. The number of nitrogens with two attached hydrogens (primary N) is 1. The maximum Gasteiger partial charge on any atom is 0.145 e. The van der Waals surface area contributed by atoms with E-state index in [1.165, 1.54) is 11.5 Å². The van der Waals surface area contributed by atoms with Gasteiger partial charge in [0, 0.05) is 5.39 Å². The highest BCUT2D eigenvalue weighted by Crippen LogP contribution is 2.25. The third-order valence-electron chi connectivity index (χ3n) is 2.18. The molecule has 74 valence electrons. The maximum absolute atomic E-state index is 5.63. The van der Waals surface area contributed by atoms with Crippen LogP contribution in [0.4, 0.5) is 5.69 Å². The predicted octanol–water partition coefficient (Wildman–Crippen LogP) is 2.06. The Bertz CT molecular complexity index is 610. The Balaban J connectivity index is 2.27. The number of benzene rings is 1. The molecule has 2 aromatic heterocycles. The first-order valence-corrected chi connectivity index (χ1v) is 5.27. The van der Waals surface area contributed by atoms with Crippen LogP contribution < -0.4 is 5.73 Å². The summed E-state index contributed by atoms with van der Waals surface area (Å²) in [4.78, 5) is 0. The van der Waals surface area contributed by atoms with Crippen molar-refractivity contribution < 1.29 is 0 Å². The zero-order valence-electron chi connectivity index (χ0n) is 7.79. The zero-order chi connectivity index (χ0) is 10.3. The highest BCUT2D eigenvalue weighted by molar-refractivity contribution is 7.10. The normalized spacial score (nSPS) is 10.9. The lowest BCUT2D eigenvalue weighted by Crippen LogP contribution is -1.90. The first kappa shape index (κ1) is 8.43. The van der Waals surface area contributed by atoms with Crippen LogP contribution in [0.5, 0.6) is 0 Å². The monoisotopic (exact) mass is 216 g/mol. The van der Waals surface area contributed by atoms with Gasteiger partial charge in [0.2, 0.25) is 0 Å². The zero-order valence-corrected chi connectivity index (χ0v) is 8.61. The van der Waals surface area contributed by atoms with Crippen LogP contribution in [0.3, 0.4) is 0 Å². The highest BCUT2D eigenvalue weighted by Gasteiger charge is 2.07. The molecule has 15 heavy (non-hydrogen) atoms. The van der Waals surface area contributed by atoms with E-state index in [2.05, 4.69) is 9.47 Å². The van der Waals surface area contributed by atoms with Crippen molar-refractivity contribution in [2.75, 3.05) is 5.73 Å². The lowest BCUT2D eigenvalue weighted by molar-refractivity contribution is 0.903. The van der Waals surface area contributed by atoms with Gasteiger partial charge in [-0.1, -0.05) is 12.1 Å². The van der Waals surface area contributed by atoms with E-state index < -0.39 is 0 Å². The molecular weight excluding hydrogens is 208 g/mol. The van der Waals surface area contributed by atoms with E-state index in [-0.39, 0.29) is 0 Å². The average molecular weight is 216 g/mol. The van der Waals surface area contributed by atoms with Crippen LogP contribution >= 0.6 is 11.5 Å². The second kappa shape index (κ2) is 3.06. The predicted molar refractivity (Wildman–Crippen MR) is 61.2 cm³/mol. The Kier molecular flexibility index (Phi) is 1.72. The Morgan fingerprint density at radius 1 is 1.27 bits per heavy atom. The molecule has 3 rings (SSSR count). The maximum atomic E-state index is 5.63. The summed E-state index contributed by atoms with van der Waals surface area (Å²) in [5.41, 5.74) is 7.28. The van der Waals surface area contributed by atoms with Gasteiger partial charge >= 0.3 is 0 Å². The molecule has 2 N–H and O–H groups in total. The molecule has 0 aliphatic carbocycles. The van der Waals surface area contributed by atoms with E-state index in [1.807, 2.05) is 24.3 Å². The average Bonchev–Trinajstić information content (AvgIpc) is 2.83. The van der Waals surface area contributed by atoms with Gasteiger partial charge in [-0.25, -0.2) is 4.68 Å². The minimum absolute atomic E-state index is 0.660. The molecule has 0 amide bonds. The van der Waals surface area contributed by atoms with Gasteiger partial charge in [-0.15, -0.1) is 0 Å². The topological polar surface area (TPSA) is 56.7 Å². The molecule has 3 aromatic rings. The molecule has 0 aliphatic heterocycles. The fourth-order valence-corrected chi connectivity index (χ4v) is 2.29. The van der Waals surface area contributed by atoms with Crippen molar-refractivity contribution in [1.29, 1.82) is 0 Å². The van der Waals surface area contributed by atoms with Gasteiger partial charge in [0.1, 0.15) is 5.00 Å². The molecule has 0 saturated heterocycles. The van der Waals surface area contributed by atoms with E-state index in [4.69, 9.17) is 5.73 Å². The number of fused-ring (bicyclic) bond motifs is 1. The van der Waals surface area contributed by atoms with Crippen LogP contribution in [-0.4, -0.2) is 14.2 Å². The van der Waals surface area contributed by atoms with Crippen LogP contribution in [0.2, 0.25) is 0 Å². The number of hydrogen-bond donors (Lipinski definition) is 1. The lowest BCUT2D eigenvalue weighted by Gasteiger charge is -1.95. The molecule has 5 heteroatoms. The molecule has 0 spiro atoms. The molecule has 0 radical (unpaired) electrons. The highest BCUT2D eigenvalue weighted by atomic mass is 32.1. The number of hydrogen-bond acceptors (Lipinski definition) is 4. The number of anilines is 1. The fraction of sp³-hybridized carbons (Fsp3) is 0. The second-order valence-electron chi connectivity index (χ2n) is 3.22. The van der Waals surface area contributed by atoms with Crippen molar-refractivity contribution in [3.63, 3.8) is 0 Å². The Morgan fingerprint density at radius 3 is 2.93 bits per heavy atom. The molecular formula is C10H8N4S. The van der Waals surface area contributed by atoms with Crippen molar-refractivity contribution >= 4 is 28.1 Å². The van der Waals surface area contributed by atoms with E-state index >= 15 is 0 Å². The van der Waals surface area contributed by atoms with Gasteiger partial charge in [0.05, 0.1) is 23.6 Å². The van der Waals surface area contributed by atoms with Crippen molar-refractivity contribution in [1.82, 2.24) is 14.2 Å². The van der Waals surface area contributed by atoms with Gasteiger partial charge in [-0.3, -0.25) is 0 Å². The lowest BCUT2D eigenvalue weighted by atomic mass is 10.2. The molecule has 0 fully saturated rings. The molecule has 1 aromatic carbocycles. The van der Waals surface area contributed by atoms with Crippen LogP contribution in [-0.2, 0) is 0 Å². The van der Waals surface area contributed by atoms with Gasteiger partial charge in [0.25, 0.3) is 0 Å². The first-order chi connectivity index (χ1) is 7.34. The van der Waals surface area contributed by atoms with Crippen LogP contribution in [0.25, 0.3) is 15.9 Å². The minimum atomic E-state index is 0.660. The smallest absolute Gasteiger partial charge is 0.145 e. The summed E-state index contributed by atoms with van der Waals surface area (Å²) in [6, 6.07) is 7.99. The fourth-order valence-electron chi connectivity index (χ4n) is 1.49. The van der Waals surface area contributed by atoms with E-state index in [0.29, 0.717) is 5.69 Å². The Morgan fingerprint density at radius 2 is 2.13 bits per heavy atom.